The zero-order valence-corrected chi connectivity index (χ0v) is 10.2. The Hall–Kier alpha value is -0.590. The topological polar surface area (TPSA) is 53.0 Å². The van der Waals surface area contributed by atoms with Crippen LogP contribution in [-0.4, -0.2) is 29.6 Å². The highest BCUT2D eigenvalue weighted by molar-refractivity contribution is 5.14. The van der Waals surface area contributed by atoms with Crippen LogP contribution in [0, 0.1) is 17.2 Å². The Morgan fingerprint density at radius 2 is 2.13 bits per heavy atom. The van der Waals surface area contributed by atoms with Gasteiger partial charge in [-0.05, 0) is 45.6 Å². The van der Waals surface area contributed by atoms with Gasteiger partial charge in [0.25, 0.3) is 0 Å². The lowest BCUT2D eigenvalue weighted by Crippen LogP contribution is -2.52. The molecule has 0 spiro atoms. The summed E-state index contributed by atoms with van der Waals surface area (Å²) in [6, 6.07) is 2.79. The van der Waals surface area contributed by atoms with Crippen molar-refractivity contribution in [2.45, 2.75) is 51.6 Å². The summed E-state index contributed by atoms with van der Waals surface area (Å²) in [6.07, 6.45) is 3.37. The van der Waals surface area contributed by atoms with Gasteiger partial charge in [-0.1, -0.05) is 6.92 Å². The van der Waals surface area contributed by atoms with E-state index in [-0.39, 0.29) is 0 Å². The maximum Gasteiger partial charge on any atom is 0.119 e. The number of hydrogen-bond acceptors (Lipinski definition) is 3. The van der Waals surface area contributed by atoms with Crippen molar-refractivity contribution in [3.05, 3.63) is 0 Å². The molecule has 1 aliphatic rings. The van der Waals surface area contributed by atoms with Crippen molar-refractivity contribution in [1.29, 1.82) is 5.26 Å². The predicted molar refractivity (Wildman–Crippen MR) is 62.3 cm³/mol. The smallest absolute Gasteiger partial charge is 0.119 e. The lowest BCUT2D eigenvalue weighted by Gasteiger charge is -2.33. The third kappa shape index (κ3) is 3.19. The molecule has 0 saturated heterocycles. The molecule has 0 aromatic heterocycles. The maximum atomic E-state index is 9.19. The predicted octanol–water partition coefficient (Wildman–Crippen LogP) is 1.74. The Morgan fingerprint density at radius 3 is 2.47 bits per heavy atom. The van der Waals surface area contributed by atoms with E-state index < -0.39 is 5.54 Å². The summed E-state index contributed by atoms with van der Waals surface area (Å²) < 4.78 is 0. The van der Waals surface area contributed by atoms with Gasteiger partial charge in [-0.2, -0.15) is 5.26 Å². The first-order valence-corrected chi connectivity index (χ1v) is 5.97. The van der Waals surface area contributed by atoms with Gasteiger partial charge in [0.2, 0.25) is 0 Å². The molecule has 2 N–H and O–H groups in total. The minimum absolute atomic E-state index is 0.431. The lowest BCUT2D eigenvalue weighted by molar-refractivity contribution is 0.181. The zero-order chi connectivity index (χ0) is 11.5. The maximum absolute atomic E-state index is 9.19. The Kier molecular flexibility index (Phi) is 4.12. The van der Waals surface area contributed by atoms with Crippen LogP contribution >= 0.6 is 0 Å². The molecule has 1 fully saturated rings. The van der Waals surface area contributed by atoms with Gasteiger partial charge in [-0.15, -0.1) is 0 Å². The van der Waals surface area contributed by atoms with Crippen molar-refractivity contribution in [3.8, 4) is 6.07 Å². The highest BCUT2D eigenvalue weighted by Crippen LogP contribution is 2.38. The molecule has 3 nitrogen and oxygen atoms in total. The quantitative estimate of drug-likeness (QED) is 0.725. The van der Waals surface area contributed by atoms with Crippen LogP contribution in [0.4, 0.5) is 0 Å². The van der Waals surface area contributed by atoms with E-state index in [4.69, 9.17) is 5.73 Å². The number of rotatable bonds is 6. The largest absolute Gasteiger partial charge is 0.312 e. The second-order valence-corrected chi connectivity index (χ2v) is 4.99. The van der Waals surface area contributed by atoms with E-state index in [1.165, 1.54) is 0 Å². The molecule has 0 aliphatic heterocycles. The first kappa shape index (κ1) is 12.5. The lowest BCUT2D eigenvalue weighted by atomic mass is 9.95. The van der Waals surface area contributed by atoms with Crippen LogP contribution in [0.25, 0.3) is 0 Å². The van der Waals surface area contributed by atoms with Crippen LogP contribution in [0.5, 0.6) is 0 Å². The molecule has 3 heteroatoms. The highest BCUT2D eigenvalue weighted by atomic mass is 15.2. The van der Waals surface area contributed by atoms with Gasteiger partial charge in [0.15, 0.2) is 0 Å². The van der Waals surface area contributed by atoms with Crippen LogP contribution in [0.2, 0.25) is 0 Å². The summed E-state index contributed by atoms with van der Waals surface area (Å²) in [7, 11) is 0. The fourth-order valence-electron chi connectivity index (χ4n) is 2.00. The van der Waals surface area contributed by atoms with Crippen molar-refractivity contribution in [3.63, 3.8) is 0 Å². The Bertz CT molecular complexity index is 240. The van der Waals surface area contributed by atoms with Gasteiger partial charge >= 0.3 is 0 Å². The number of nitriles is 1. The van der Waals surface area contributed by atoms with Gasteiger partial charge in [0.05, 0.1) is 6.07 Å². The number of hydrogen-bond donors (Lipinski definition) is 1. The zero-order valence-electron chi connectivity index (χ0n) is 10.2. The molecule has 1 saturated carbocycles. The summed E-state index contributed by atoms with van der Waals surface area (Å²) in [5.41, 5.74) is 5.56. The molecule has 0 amide bonds. The van der Waals surface area contributed by atoms with Crippen LogP contribution in [0.1, 0.15) is 40.0 Å². The van der Waals surface area contributed by atoms with Gasteiger partial charge < -0.3 is 5.73 Å². The van der Waals surface area contributed by atoms with Crippen LogP contribution in [-0.2, 0) is 0 Å². The second kappa shape index (κ2) is 4.96. The average molecular weight is 209 g/mol. The summed E-state index contributed by atoms with van der Waals surface area (Å²) in [5.74, 6) is 0.431. The Labute approximate surface area is 93.2 Å². The number of nitrogens with zero attached hydrogens (tertiary/aromatic N) is 2. The molecule has 0 bridgehead atoms. The van der Waals surface area contributed by atoms with Crippen LogP contribution in [0.3, 0.4) is 0 Å². The molecule has 1 unspecified atom stereocenters. The SMILES string of the molecule is CCCN(CC(N)(C#N)C1CC1)C(C)C. The molecule has 1 atom stereocenters. The van der Waals surface area contributed by atoms with E-state index >= 15 is 0 Å². The molecular weight excluding hydrogens is 186 g/mol. The van der Waals surface area contributed by atoms with Crippen LogP contribution in [0.15, 0.2) is 0 Å². The van der Waals surface area contributed by atoms with Gasteiger partial charge in [-0.3, -0.25) is 4.90 Å². The monoisotopic (exact) mass is 209 g/mol. The average Bonchev–Trinajstić information content (AvgIpc) is 3.00. The third-order valence-electron chi connectivity index (χ3n) is 3.22. The van der Waals surface area contributed by atoms with E-state index in [2.05, 4.69) is 31.7 Å². The highest BCUT2D eigenvalue weighted by Gasteiger charge is 2.43. The number of nitrogens with two attached hydrogens (primary N) is 1. The normalized spacial score (nSPS) is 20.3. The van der Waals surface area contributed by atoms with Gasteiger partial charge in [0.1, 0.15) is 5.54 Å². The summed E-state index contributed by atoms with van der Waals surface area (Å²) in [6.45, 7) is 8.25. The van der Waals surface area contributed by atoms with Crippen molar-refractivity contribution in [2.24, 2.45) is 11.7 Å². The van der Waals surface area contributed by atoms with Crippen molar-refractivity contribution < 1.29 is 0 Å². The molecular formula is C12H23N3. The van der Waals surface area contributed by atoms with E-state index in [1.807, 2.05) is 0 Å². The Balaban J connectivity index is 2.58. The first-order valence-electron chi connectivity index (χ1n) is 5.97. The minimum Gasteiger partial charge on any atom is -0.312 e. The third-order valence-corrected chi connectivity index (χ3v) is 3.22. The van der Waals surface area contributed by atoms with Crippen LogP contribution < -0.4 is 5.73 Å². The van der Waals surface area contributed by atoms with Crippen molar-refractivity contribution in [2.75, 3.05) is 13.1 Å². The standard InChI is InChI=1S/C12H23N3/c1-4-7-15(10(2)3)9-12(14,8-13)11-5-6-11/h10-11H,4-7,9,14H2,1-3H3. The summed E-state index contributed by atoms with van der Waals surface area (Å²) >= 11 is 0. The van der Waals surface area contributed by atoms with E-state index in [1.54, 1.807) is 0 Å². The van der Waals surface area contributed by atoms with Crippen molar-refractivity contribution in [1.82, 2.24) is 4.90 Å². The molecule has 1 aliphatic carbocycles. The van der Waals surface area contributed by atoms with Crippen molar-refractivity contribution >= 4 is 0 Å². The first-order chi connectivity index (χ1) is 7.03. The molecule has 86 valence electrons. The molecule has 1 rings (SSSR count). The Morgan fingerprint density at radius 1 is 1.53 bits per heavy atom. The molecule has 0 heterocycles. The summed E-state index contributed by atoms with van der Waals surface area (Å²) in [5, 5.41) is 9.19. The second-order valence-electron chi connectivity index (χ2n) is 4.99. The van der Waals surface area contributed by atoms with E-state index in [0.29, 0.717) is 12.0 Å². The minimum atomic E-state index is -0.612. The molecule has 0 radical (unpaired) electrons. The van der Waals surface area contributed by atoms with Gasteiger partial charge in [0, 0.05) is 12.6 Å². The fourth-order valence-corrected chi connectivity index (χ4v) is 2.00. The van der Waals surface area contributed by atoms with E-state index in [9.17, 15) is 5.26 Å². The molecule has 0 aromatic rings. The fraction of sp³-hybridized carbons (Fsp3) is 0.917. The molecule has 0 aromatic carbocycles. The van der Waals surface area contributed by atoms with Gasteiger partial charge in [-0.25, -0.2) is 0 Å². The summed E-state index contributed by atoms with van der Waals surface area (Å²) in [4.78, 5) is 2.32. The van der Waals surface area contributed by atoms with E-state index in [0.717, 1.165) is 32.4 Å². The molecule has 15 heavy (non-hydrogen) atoms.